The summed E-state index contributed by atoms with van der Waals surface area (Å²) in [4.78, 5) is 24.6. The van der Waals surface area contributed by atoms with Crippen LogP contribution in [0.1, 0.15) is 15.9 Å². The molecular formula is C23H22FN3O3S. The fourth-order valence-corrected chi connectivity index (χ4v) is 2.99. The second-order valence-electron chi connectivity index (χ2n) is 6.65. The van der Waals surface area contributed by atoms with E-state index in [1.54, 1.807) is 67.8 Å². The Kier molecular flexibility index (Phi) is 7.50. The Morgan fingerprint density at radius 1 is 0.968 bits per heavy atom. The number of hydrogen-bond acceptors (Lipinski definition) is 4. The maximum Gasteiger partial charge on any atom is 0.331 e. The van der Waals surface area contributed by atoms with Crippen LogP contribution < -0.4 is 19.7 Å². The van der Waals surface area contributed by atoms with Crippen LogP contribution in [0, 0.1) is 5.82 Å². The fraction of sp³-hybridized carbons (Fsp3) is 0.130. The van der Waals surface area contributed by atoms with E-state index in [2.05, 4.69) is 23.4 Å². The number of anilines is 2. The summed E-state index contributed by atoms with van der Waals surface area (Å²) in [5, 5.41) is 5.56. The van der Waals surface area contributed by atoms with E-state index in [0.29, 0.717) is 35.7 Å². The third-order valence-electron chi connectivity index (χ3n) is 4.52. The molecule has 0 heterocycles. The predicted molar refractivity (Wildman–Crippen MR) is 122 cm³/mol. The van der Waals surface area contributed by atoms with Gasteiger partial charge in [-0.05, 0) is 72.6 Å². The van der Waals surface area contributed by atoms with Crippen molar-refractivity contribution in [1.82, 2.24) is 5.32 Å². The molecule has 0 aliphatic carbocycles. The van der Waals surface area contributed by atoms with Crippen LogP contribution in [0.3, 0.4) is 0 Å². The van der Waals surface area contributed by atoms with Gasteiger partial charge in [-0.2, -0.15) is 0 Å². The van der Waals surface area contributed by atoms with Gasteiger partial charge in [0.2, 0.25) is 0 Å². The molecule has 0 saturated heterocycles. The van der Waals surface area contributed by atoms with Crippen molar-refractivity contribution in [2.24, 2.45) is 0 Å². The topological polar surface area (TPSA) is 70.7 Å². The number of methoxy groups -OCH3 is 1. The summed E-state index contributed by atoms with van der Waals surface area (Å²) in [6.07, 6.45) is 0.573. The van der Waals surface area contributed by atoms with Crippen molar-refractivity contribution in [2.45, 2.75) is 6.42 Å². The number of benzene rings is 3. The average molecular weight is 440 g/mol. The molecule has 3 rings (SSSR count). The number of halogens is 1. The third kappa shape index (κ3) is 6.23. The highest BCUT2D eigenvalue weighted by atomic mass is 32.1. The summed E-state index contributed by atoms with van der Waals surface area (Å²) in [5.74, 6) is 0.125. The van der Waals surface area contributed by atoms with Crippen molar-refractivity contribution in [3.8, 4) is 5.75 Å². The zero-order valence-corrected chi connectivity index (χ0v) is 17.7. The van der Waals surface area contributed by atoms with Gasteiger partial charge >= 0.3 is 6.03 Å². The van der Waals surface area contributed by atoms with Gasteiger partial charge in [0.15, 0.2) is 0 Å². The lowest BCUT2D eigenvalue weighted by Gasteiger charge is -2.17. The number of urea groups is 1. The molecule has 2 N–H and O–H groups in total. The van der Waals surface area contributed by atoms with Crippen molar-refractivity contribution in [3.63, 3.8) is 0 Å². The van der Waals surface area contributed by atoms with E-state index < -0.39 is 0 Å². The highest BCUT2D eigenvalue weighted by Crippen LogP contribution is 2.20. The van der Waals surface area contributed by atoms with E-state index in [0.717, 1.165) is 5.56 Å². The molecular weight excluding hydrogens is 417 g/mol. The van der Waals surface area contributed by atoms with Crippen molar-refractivity contribution < 1.29 is 18.7 Å². The van der Waals surface area contributed by atoms with E-state index in [1.165, 1.54) is 16.4 Å². The lowest BCUT2D eigenvalue weighted by atomic mass is 10.1. The first-order valence-electron chi connectivity index (χ1n) is 9.53. The van der Waals surface area contributed by atoms with Crippen LogP contribution in [-0.2, 0) is 6.42 Å². The minimum Gasteiger partial charge on any atom is -0.497 e. The van der Waals surface area contributed by atoms with Gasteiger partial charge < -0.3 is 15.4 Å². The highest BCUT2D eigenvalue weighted by Gasteiger charge is 2.12. The van der Waals surface area contributed by atoms with E-state index in [9.17, 15) is 14.0 Å². The molecule has 0 unspecified atom stereocenters. The number of thiol groups is 1. The molecule has 3 amide bonds. The van der Waals surface area contributed by atoms with Crippen LogP contribution in [0.4, 0.5) is 20.6 Å². The van der Waals surface area contributed by atoms with Crippen LogP contribution in [0.25, 0.3) is 0 Å². The number of ether oxygens (including phenoxy) is 1. The largest absolute Gasteiger partial charge is 0.497 e. The number of rotatable bonds is 7. The quantitative estimate of drug-likeness (QED) is 0.468. The lowest BCUT2D eigenvalue weighted by Crippen LogP contribution is -2.35. The van der Waals surface area contributed by atoms with Crippen molar-refractivity contribution >= 4 is 36.1 Å². The SMILES string of the molecule is COc1ccc(C(=O)Nc2ccc(N(S)C(=O)NCCc3ccc(F)cc3)cc2)cc1. The molecule has 160 valence electrons. The second kappa shape index (κ2) is 10.5. The monoisotopic (exact) mass is 439 g/mol. The zero-order chi connectivity index (χ0) is 22.2. The summed E-state index contributed by atoms with van der Waals surface area (Å²) >= 11 is 4.24. The molecule has 0 fully saturated rings. The molecule has 0 atom stereocenters. The first-order valence-corrected chi connectivity index (χ1v) is 9.93. The van der Waals surface area contributed by atoms with Gasteiger partial charge in [0, 0.05) is 17.8 Å². The molecule has 3 aromatic carbocycles. The Morgan fingerprint density at radius 2 is 1.61 bits per heavy atom. The van der Waals surface area contributed by atoms with Crippen molar-refractivity contribution in [2.75, 3.05) is 23.3 Å². The maximum absolute atomic E-state index is 12.9. The molecule has 0 bridgehead atoms. The Morgan fingerprint density at radius 3 is 2.23 bits per heavy atom. The Bertz CT molecular complexity index is 1030. The number of amides is 3. The normalized spacial score (nSPS) is 10.3. The molecule has 8 heteroatoms. The molecule has 3 aromatic rings. The van der Waals surface area contributed by atoms with Gasteiger partial charge in [-0.3, -0.25) is 4.79 Å². The number of carbonyl (C=O) groups is 2. The van der Waals surface area contributed by atoms with Gasteiger partial charge in [0.1, 0.15) is 11.6 Å². The number of hydrogen-bond donors (Lipinski definition) is 3. The standard InChI is InChI=1S/C23H22FN3O3S/c1-30-21-12-4-17(5-13-21)22(28)26-19-8-10-20(11-9-19)27(31)23(29)25-15-14-16-2-6-18(24)7-3-16/h2-13,31H,14-15H2,1H3,(H,25,29)(H,26,28). The number of carbonyl (C=O) groups excluding carboxylic acids is 2. The van der Waals surface area contributed by atoms with Gasteiger partial charge in [0.05, 0.1) is 12.8 Å². The van der Waals surface area contributed by atoms with Crippen LogP contribution in [-0.4, -0.2) is 25.6 Å². The average Bonchev–Trinajstić information content (AvgIpc) is 2.80. The smallest absolute Gasteiger partial charge is 0.331 e. The van der Waals surface area contributed by atoms with Crippen molar-refractivity contribution in [1.29, 1.82) is 0 Å². The fourth-order valence-electron chi connectivity index (χ4n) is 2.79. The minimum atomic E-state index is -0.388. The summed E-state index contributed by atoms with van der Waals surface area (Å²) in [7, 11) is 1.56. The summed E-state index contributed by atoms with van der Waals surface area (Å²) in [6, 6.07) is 19.2. The number of nitrogens with one attached hydrogen (secondary N) is 2. The Balaban J connectivity index is 1.51. The molecule has 0 radical (unpaired) electrons. The minimum absolute atomic E-state index is 0.253. The van der Waals surface area contributed by atoms with Crippen LogP contribution in [0.5, 0.6) is 5.75 Å². The molecule has 0 aromatic heterocycles. The first-order chi connectivity index (χ1) is 15.0. The van der Waals surface area contributed by atoms with Crippen LogP contribution in [0.15, 0.2) is 72.8 Å². The Hall–Kier alpha value is -3.52. The second-order valence-corrected chi connectivity index (χ2v) is 7.05. The molecule has 0 saturated carbocycles. The van der Waals surface area contributed by atoms with E-state index in [4.69, 9.17) is 4.74 Å². The Labute approximate surface area is 185 Å². The van der Waals surface area contributed by atoms with Crippen molar-refractivity contribution in [3.05, 3.63) is 89.7 Å². The molecule has 6 nitrogen and oxygen atoms in total. The molecule has 31 heavy (non-hydrogen) atoms. The van der Waals surface area contributed by atoms with Gasteiger partial charge in [-0.15, -0.1) is 0 Å². The molecule has 0 aliphatic rings. The molecule has 0 aliphatic heterocycles. The van der Waals surface area contributed by atoms with Crippen LogP contribution >= 0.6 is 12.8 Å². The predicted octanol–water partition coefficient (Wildman–Crippen LogP) is 4.69. The number of nitrogens with zero attached hydrogens (tertiary/aromatic N) is 1. The first kappa shape index (κ1) is 22.2. The lowest BCUT2D eigenvalue weighted by molar-refractivity contribution is 0.102. The maximum atomic E-state index is 12.9. The highest BCUT2D eigenvalue weighted by molar-refractivity contribution is 7.82. The van der Waals surface area contributed by atoms with Crippen LogP contribution in [0.2, 0.25) is 0 Å². The molecule has 0 spiro atoms. The van der Waals surface area contributed by atoms with Gasteiger partial charge in [0.25, 0.3) is 5.91 Å². The van der Waals surface area contributed by atoms with Gasteiger partial charge in [-0.1, -0.05) is 24.9 Å². The zero-order valence-electron chi connectivity index (χ0n) is 16.8. The van der Waals surface area contributed by atoms with E-state index in [1.807, 2.05) is 0 Å². The summed E-state index contributed by atoms with van der Waals surface area (Å²) in [5.41, 5.74) is 2.55. The van der Waals surface area contributed by atoms with E-state index >= 15 is 0 Å². The van der Waals surface area contributed by atoms with Gasteiger partial charge in [-0.25, -0.2) is 13.5 Å². The van der Waals surface area contributed by atoms with E-state index in [-0.39, 0.29) is 17.8 Å². The summed E-state index contributed by atoms with van der Waals surface area (Å²) < 4.78 is 19.2. The third-order valence-corrected chi connectivity index (χ3v) is 4.93. The summed E-state index contributed by atoms with van der Waals surface area (Å²) in [6.45, 7) is 0.386.